The average Bonchev–Trinajstić information content (AvgIpc) is 3.19. The molecule has 4 heteroatoms. The molecule has 0 spiro atoms. The highest BCUT2D eigenvalue weighted by Gasteiger charge is 2.28. The Hall–Kier alpha value is -1.55. The highest BCUT2D eigenvalue weighted by Crippen LogP contribution is 2.27. The lowest BCUT2D eigenvalue weighted by atomic mass is 9.92. The van der Waals surface area contributed by atoms with Crippen molar-refractivity contribution in [1.82, 2.24) is 14.8 Å². The van der Waals surface area contributed by atoms with Gasteiger partial charge < -0.3 is 9.74 Å². The lowest BCUT2D eigenvalue weighted by molar-refractivity contribution is -0.0111. The summed E-state index contributed by atoms with van der Waals surface area (Å²) in [6.07, 6.45) is 9.82. The van der Waals surface area contributed by atoms with Crippen molar-refractivity contribution in [2.75, 3.05) is 13.1 Å². The van der Waals surface area contributed by atoms with E-state index in [4.69, 9.17) is 4.84 Å². The Kier molecular flexibility index (Phi) is 3.78. The number of aromatic nitrogens is 2. The van der Waals surface area contributed by atoms with Gasteiger partial charge in [-0.2, -0.15) is 0 Å². The van der Waals surface area contributed by atoms with Crippen LogP contribution in [0.15, 0.2) is 24.4 Å². The Morgan fingerprint density at radius 1 is 1.09 bits per heavy atom. The van der Waals surface area contributed by atoms with Gasteiger partial charge in [0, 0.05) is 11.4 Å². The highest BCUT2D eigenvalue weighted by atomic mass is 16.7. The fourth-order valence-corrected chi connectivity index (χ4v) is 4.02. The summed E-state index contributed by atoms with van der Waals surface area (Å²) in [6.45, 7) is 4.73. The number of hydrogen-bond donors (Lipinski definition) is 0. The molecule has 2 heterocycles. The molecule has 0 amide bonds. The molecular weight excluding hydrogens is 274 g/mol. The molecule has 0 N–H and O–H groups in total. The van der Waals surface area contributed by atoms with Gasteiger partial charge in [0.2, 0.25) is 0 Å². The molecule has 118 valence electrons. The quantitative estimate of drug-likeness (QED) is 0.872. The van der Waals surface area contributed by atoms with Crippen LogP contribution in [0.2, 0.25) is 0 Å². The van der Waals surface area contributed by atoms with E-state index in [2.05, 4.69) is 35.1 Å². The fraction of sp³-hybridized carbons (Fsp3) is 0.611. The predicted molar refractivity (Wildman–Crippen MR) is 87.9 cm³/mol. The lowest BCUT2D eigenvalue weighted by Gasteiger charge is -2.34. The predicted octanol–water partition coefficient (Wildman–Crippen LogP) is 3.18. The number of likely N-dealkylation sites (tertiary alicyclic amines) is 1. The average molecular weight is 299 g/mol. The second kappa shape index (κ2) is 5.92. The molecule has 0 unspecified atom stereocenters. The molecule has 2 fully saturated rings. The molecule has 4 rings (SSSR count). The molecule has 1 aliphatic carbocycles. The van der Waals surface area contributed by atoms with E-state index in [9.17, 15) is 0 Å². The molecule has 1 aliphatic heterocycles. The van der Waals surface area contributed by atoms with Crippen LogP contribution < -0.4 is 4.84 Å². The minimum atomic E-state index is 0.308. The molecule has 1 aromatic heterocycles. The first-order valence-electron chi connectivity index (χ1n) is 8.66. The van der Waals surface area contributed by atoms with Gasteiger partial charge in [-0.25, -0.2) is 0 Å². The molecule has 0 atom stereocenters. The van der Waals surface area contributed by atoms with Gasteiger partial charge >= 0.3 is 0 Å². The first kappa shape index (κ1) is 14.1. The van der Waals surface area contributed by atoms with Crippen LogP contribution in [0, 0.1) is 6.92 Å². The van der Waals surface area contributed by atoms with Crippen LogP contribution in [-0.4, -0.2) is 40.1 Å². The largest absolute Gasteiger partial charge is 0.393 e. The highest BCUT2D eigenvalue weighted by molar-refractivity contribution is 5.81. The molecule has 2 aliphatic rings. The van der Waals surface area contributed by atoms with Gasteiger partial charge in [0.15, 0.2) is 0 Å². The summed E-state index contributed by atoms with van der Waals surface area (Å²) in [7, 11) is 0. The van der Waals surface area contributed by atoms with E-state index in [1.807, 2.05) is 6.20 Å². The van der Waals surface area contributed by atoms with Gasteiger partial charge in [-0.05, 0) is 70.2 Å². The van der Waals surface area contributed by atoms with E-state index in [0.29, 0.717) is 6.10 Å². The second-order valence-electron chi connectivity index (χ2n) is 6.80. The number of aryl methyl sites for hydroxylation is 1. The zero-order valence-corrected chi connectivity index (χ0v) is 13.4. The van der Waals surface area contributed by atoms with Crippen molar-refractivity contribution in [3.63, 3.8) is 0 Å². The van der Waals surface area contributed by atoms with Crippen molar-refractivity contribution in [2.45, 2.75) is 57.6 Å². The van der Waals surface area contributed by atoms with E-state index < -0.39 is 0 Å². The van der Waals surface area contributed by atoms with Gasteiger partial charge in [0.1, 0.15) is 11.6 Å². The Balaban J connectivity index is 1.40. The van der Waals surface area contributed by atoms with Gasteiger partial charge in [-0.1, -0.05) is 17.0 Å². The third-order valence-electron chi connectivity index (χ3n) is 5.35. The van der Waals surface area contributed by atoms with Crippen LogP contribution >= 0.6 is 0 Å². The van der Waals surface area contributed by atoms with E-state index in [1.165, 1.54) is 49.7 Å². The summed E-state index contributed by atoms with van der Waals surface area (Å²) >= 11 is 0. The van der Waals surface area contributed by atoms with Crippen molar-refractivity contribution < 1.29 is 4.84 Å². The van der Waals surface area contributed by atoms with E-state index in [1.54, 1.807) is 4.85 Å². The molecule has 0 radical (unpaired) electrons. The van der Waals surface area contributed by atoms with Crippen molar-refractivity contribution in [1.29, 1.82) is 0 Å². The van der Waals surface area contributed by atoms with E-state index in [-0.39, 0.29) is 0 Å². The summed E-state index contributed by atoms with van der Waals surface area (Å²) in [5.74, 6) is 0. The minimum absolute atomic E-state index is 0.308. The van der Waals surface area contributed by atoms with Crippen LogP contribution in [0.4, 0.5) is 0 Å². The van der Waals surface area contributed by atoms with Gasteiger partial charge in [-0.15, -0.1) is 5.10 Å². The Morgan fingerprint density at radius 2 is 1.86 bits per heavy atom. The van der Waals surface area contributed by atoms with Crippen LogP contribution in [0.1, 0.15) is 44.1 Å². The molecule has 2 aromatic rings. The van der Waals surface area contributed by atoms with Gasteiger partial charge in [0.05, 0.1) is 6.20 Å². The third-order valence-corrected chi connectivity index (χ3v) is 5.35. The monoisotopic (exact) mass is 299 g/mol. The minimum Gasteiger partial charge on any atom is -0.393 e. The number of fused-ring (bicyclic) bond motifs is 1. The summed E-state index contributed by atoms with van der Waals surface area (Å²) in [4.78, 5) is 10.6. The maximum absolute atomic E-state index is 6.16. The van der Waals surface area contributed by atoms with Gasteiger partial charge in [0.25, 0.3) is 0 Å². The van der Waals surface area contributed by atoms with Crippen molar-refractivity contribution in [3.05, 3.63) is 30.0 Å². The first-order valence-corrected chi connectivity index (χ1v) is 8.66. The summed E-state index contributed by atoms with van der Waals surface area (Å²) in [5, 5.41) is 5.62. The topological polar surface area (TPSA) is 30.3 Å². The van der Waals surface area contributed by atoms with Crippen molar-refractivity contribution in [3.8, 4) is 0 Å². The maximum Gasteiger partial charge on any atom is 0.127 e. The van der Waals surface area contributed by atoms with E-state index >= 15 is 0 Å². The molecule has 4 nitrogen and oxygen atoms in total. The maximum atomic E-state index is 6.16. The van der Waals surface area contributed by atoms with Gasteiger partial charge in [-0.3, -0.25) is 0 Å². The molecule has 0 bridgehead atoms. The summed E-state index contributed by atoms with van der Waals surface area (Å²) in [5.41, 5.74) is 2.34. The Bertz CT molecular complexity index is 637. The Labute approximate surface area is 132 Å². The first-order chi connectivity index (χ1) is 10.8. The fourth-order valence-electron chi connectivity index (χ4n) is 4.02. The zero-order valence-electron chi connectivity index (χ0n) is 13.4. The molecular formula is C18H25N3O. The zero-order chi connectivity index (χ0) is 14.9. The molecule has 1 saturated carbocycles. The standard InChI is InChI=1S/C18H25N3O/c1-14-5-4-6-18-17(14)13-19-21(18)22-16-9-7-15(8-10-16)20-11-2-3-12-20/h4-6,13,15-16H,2-3,7-12H2,1H3/t15-,16-. The number of benzene rings is 1. The number of nitrogens with zero attached hydrogens (tertiary/aromatic N) is 3. The number of rotatable bonds is 3. The van der Waals surface area contributed by atoms with Crippen LogP contribution in [0.5, 0.6) is 0 Å². The molecule has 1 saturated heterocycles. The summed E-state index contributed by atoms with van der Waals surface area (Å²) < 4.78 is 0. The van der Waals surface area contributed by atoms with E-state index in [0.717, 1.165) is 24.4 Å². The normalized spacial score (nSPS) is 26.6. The SMILES string of the molecule is Cc1cccc2c1cnn2O[C@H]1CC[C@H](N2CCCC2)CC1. The molecule has 22 heavy (non-hydrogen) atoms. The van der Waals surface area contributed by atoms with Crippen LogP contribution in [0.25, 0.3) is 10.9 Å². The smallest absolute Gasteiger partial charge is 0.127 e. The van der Waals surface area contributed by atoms with Crippen LogP contribution in [0.3, 0.4) is 0 Å². The van der Waals surface area contributed by atoms with Crippen molar-refractivity contribution >= 4 is 10.9 Å². The van der Waals surface area contributed by atoms with Crippen LogP contribution in [-0.2, 0) is 0 Å². The van der Waals surface area contributed by atoms with Crippen molar-refractivity contribution in [2.24, 2.45) is 0 Å². The third kappa shape index (κ3) is 2.60. The lowest BCUT2D eigenvalue weighted by Crippen LogP contribution is -2.39. The molecule has 1 aromatic carbocycles. The number of hydrogen-bond acceptors (Lipinski definition) is 3. The second-order valence-corrected chi connectivity index (χ2v) is 6.80. The Morgan fingerprint density at radius 3 is 2.64 bits per heavy atom. The summed E-state index contributed by atoms with van der Waals surface area (Å²) in [6, 6.07) is 7.07.